The second kappa shape index (κ2) is 11.7. The molecule has 2 N–H and O–H groups in total. The van der Waals surface area contributed by atoms with Crippen LogP contribution in [-0.4, -0.2) is 66.2 Å². The zero-order valence-electron chi connectivity index (χ0n) is 21.5. The summed E-state index contributed by atoms with van der Waals surface area (Å²) >= 11 is 0. The molecule has 0 saturated carbocycles. The molecule has 8 nitrogen and oxygen atoms in total. The summed E-state index contributed by atoms with van der Waals surface area (Å²) in [7, 11) is 1.64. The SMILES string of the molecule is CCOc1nn(-c2ccccc2)c(NC(=O)NC2CN(C(C)COC)CC2c2ccc(F)c(F)c2)c1C. The van der Waals surface area contributed by atoms with Gasteiger partial charge in [0.25, 0.3) is 0 Å². The third-order valence-electron chi connectivity index (χ3n) is 6.66. The number of carbonyl (C=O) groups is 1. The number of para-hydroxylation sites is 1. The molecule has 2 heterocycles. The lowest BCUT2D eigenvalue weighted by atomic mass is 9.94. The van der Waals surface area contributed by atoms with E-state index in [1.165, 1.54) is 6.07 Å². The van der Waals surface area contributed by atoms with Gasteiger partial charge in [0, 0.05) is 32.2 Å². The van der Waals surface area contributed by atoms with E-state index in [-0.39, 0.29) is 18.0 Å². The highest BCUT2D eigenvalue weighted by molar-refractivity contribution is 5.90. The maximum atomic E-state index is 14.1. The minimum Gasteiger partial charge on any atom is -0.477 e. The summed E-state index contributed by atoms with van der Waals surface area (Å²) < 4.78 is 40.3. The van der Waals surface area contributed by atoms with Gasteiger partial charge in [0.05, 0.1) is 30.5 Å². The predicted molar refractivity (Wildman–Crippen MR) is 137 cm³/mol. The average molecular weight is 514 g/mol. The third-order valence-corrected chi connectivity index (χ3v) is 6.66. The lowest BCUT2D eigenvalue weighted by Crippen LogP contribution is -2.43. The van der Waals surface area contributed by atoms with Crippen molar-refractivity contribution in [3.63, 3.8) is 0 Å². The molecular formula is C27H33F2N5O3. The fourth-order valence-corrected chi connectivity index (χ4v) is 4.73. The lowest BCUT2D eigenvalue weighted by Gasteiger charge is -2.23. The Kier molecular flexibility index (Phi) is 8.40. The van der Waals surface area contributed by atoms with Gasteiger partial charge in [0.15, 0.2) is 11.6 Å². The highest BCUT2D eigenvalue weighted by Gasteiger charge is 2.37. The Morgan fingerprint density at radius 2 is 1.92 bits per heavy atom. The molecule has 3 unspecified atom stereocenters. The van der Waals surface area contributed by atoms with Crippen molar-refractivity contribution in [1.29, 1.82) is 0 Å². The zero-order chi connectivity index (χ0) is 26.5. The number of urea groups is 1. The molecule has 2 amide bonds. The van der Waals surface area contributed by atoms with Crippen molar-refractivity contribution in [1.82, 2.24) is 20.0 Å². The van der Waals surface area contributed by atoms with Crippen molar-refractivity contribution in [2.75, 3.05) is 38.7 Å². The van der Waals surface area contributed by atoms with Crippen LogP contribution < -0.4 is 15.4 Å². The number of aromatic nitrogens is 2. The highest BCUT2D eigenvalue weighted by Crippen LogP contribution is 2.31. The van der Waals surface area contributed by atoms with E-state index in [2.05, 4.69) is 20.6 Å². The summed E-state index contributed by atoms with van der Waals surface area (Å²) in [6, 6.07) is 12.7. The molecule has 4 rings (SSSR count). The smallest absolute Gasteiger partial charge is 0.320 e. The quantitative estimate of drug-likeness (QED) is 0.441. The van der Waals surface area contributed by atoms with Crippen LogP contribution in [0.5, 0.6) is 5.88 Å². The Balaban J connectivity index is 1.58. The van der Waals surface area contributed by atoms with Gasteiger partial charge in [-0.05, 0) is 50.6 Å². The zero-order valence-corrected chi connectivity index (χ0v) is 21.5. The van der Waals surface area contributed by atoms with Gasteiger partial charge < -0.3 is 14.8 Å². The maximum Gasteiger partial charge on any atom is 0.320 e. The number of ether oxygens (including phenoxy) is 2. The van der Waals surface area contributed by atoms with E-state index in [0.717, 1.165) is 11.8 Å². The average Bonchev–Trinajstić information content (AvgIpc) is 3.43. The molecule has 0 radical (unpaired) electrons. The highest BCUT2D eigenvalue weighted by atomic mass is 19.2. The van der Waals surface area contributed by atoms with E-state index in [1.54, 1.807) is 17.9 Å². The predicted octanol–water partition coefficient (Wildman–Crippen LogP) is 4.48. The van der Waals surface area contributed by atoms with Gasteiger partial charge in [-0.25, -0.2) is 18.3 Å². The van der Waals surface area contributed by atoms with Gasteiger partial charge in [0.2, 0.25) is 5.88 Å². The fourth-order valence-electron chi connectivity index (χ4n) is 4.73. The first-order valence-corrected chi connectivity index (χ1v) is 12.4. The molecular weight excluding hydrogens is 480 g/mol. The first kappa shape index (κ1) is 26.6. The van der Waals surface area contributed by atoms with Crippen LogP contribution in [0.25, 0.3) is 5.69 Å². The van der Waals surface area contributed by atoms with E-state index < -0.39 is 17.7 Å². The van der Waals surface area contributed by atoms with Crippen molar-refractivity contribution in [2.24, 2.45) is 0 Å². The summed E-state index contributed by atoms with van der Waals surface area (Å²) in [5, 5.41) is 10.5. The summed E-state index contributed by atoms with van der Waals surface area (Å²) in [4.78, 5) is 15.5. The molecule has 10 heteroatoms. The summed E-state index contributed by atoms with van der Waals surface area (Å²) in [6.45, 7) is 7.78. The van der Waals surface area contributed by atoms with Crippen molar-refractivity contribution in [3.05, 3.63) is 71.3 Å². The van der Waals surface area contributed by atoms with E-state index in [9.17, 15) is 13.6 Å². The maximum absolute atomic E-state index is 14.1. The monoisotopic (exact) mass is 513 g/mol. The molecule has 0 bridgehead atoms. The molecule has 2 aromatic carbocycles. The number of anilines is 1. The molecule has 198 valence electrons. The number of hydrogen-bond donors (Lipinski definition) is 2. The van der Waals surface area contributed by atoms with Gasteiger partial charge in [-0.1, -0.05) is 24.3 Å². The number of halogens is 2. The number of benzene rings is 2. The van der Waals surface area contributed by atoms with Gasteiger partial charge in [-0.2, -0.15) is 0 Å². The molecule has 1 saturated heterocycles. The number of methoxy groups -OCH3 is 1. The number of hydrogen-bond acceptors (Lipinski definition) is 5. The number of likely N-dealkylation sites (tertiary alicyclic amines) is 1. The van der Waals surface area contributed by atoms with Crippen molar-refractivity contribution in [2.45, 2.75) is 38.8 Å². The van der Waals surface area contributed by atoms with E-state index in [0.29, 0.717) is 49.1 Å². The Bertz CT molecular complexity index is 1220. The van der Waals surface area contributed by atoms with E-state index in [1.807, 2.05) is 51.1 Å². The van der Waals surface area contributed by atoms with Gasteiger partial charge in [0.1, 0.15) is 5.82 Å². The van der Waals surface area contributed by atoms with Crippen molar-refractivity contribution < 1.29 is 23.0 Å². The first-order valence-electron chi connectivity index (χ1n) is 12.4. The number of rotatable bonds is 9. The molecule has 0 spiro atoms. The second-order valence-corrected chi connectivity index (χ2v) is 9.20. The molecule has 0 aliphatic carbocycles. The summed E-state index contributed by atoms with van der Waals surface area (Å²) in [6.07, 6.45) is 0. The van der Waals surface area contributed by atoms with E-state index in [4.69, 9.17) is 9.47 Å². The largest absolute Gasteiger partial charge is 0.477 e. The van der Waals surface area contributed by atoms with Crippen molar-refractivity contribution in [3.8, 4) is 11.6 Å². The summed E-state index contributed by atoms with van der Waals surface area (Å²) in [5.41, 5.74) is 2.09. The number of nitrogens with one attached hydrogen (secondary N) is 2. The standard InChI is InChI=1S/C27H33F2N5O3/c1-5-37-26-18(3)25(34(32-26)20-9-7-6-8-10-20)31-27(35)30-24-15-33(17(2)16-36-4)14-21(24)19-11-12-22(28)23(29)13-19/h6-13,17,21,24H,5,14-16H2,1-4H3,(H2,30,31,35). The Morgan fingerprint density at radius 1 is 1.16 bits per heavy atom. The molecule has 1 aliphatic heterocycles. The van der Waals surface area contributed by atoms with Crippen LogP contribution in [0, 0.1) is 18.6 Å². The van der Waals surface area contributed by atoms with Crippen LogP contribution in [0.15, 0.2) is 48.5 Å². The number of amides is 2. The minimum absolute atomic E-state index is 0.0863. The van der Waals surface area contributed by atoms with Crippen LogP contribution in [0.2, 0.25) is 0 Å². The second-order valence-electron chi connectivity index (χ2n) is 9.20. The van der Waals surface area contributed by atoms with Crippen LogP contribution in [0.3, 0.4) is 0 Å². The topological polar surface area (TPSA) is 80.6 Å². The lowest BCUT2D eigenvalue weighted by molar-refractivity contribution is 0.113. The van der Waals surface area contributed by atoms with Gasteiger partial charge >= 0.3 is 6.03 Å². The van der Waals surface area contributed by atoms with Crippen LogP contribution >= 0.6 is 0 Å². The van der Waals surface area contributed by atoms with Crippen molar-refractivity contribution >= 4 is 11.8 Å². The normalized spacial score (nSPS) is 18.5. The van der Waals surface area contributed by atoms with Crippen LogP contribution in [-0.2, 0) is 4.74 Å². The fraction of sp³-hybridized carbons (Fsp3) is 0.407. The Labute approximate surface area is 215 Å². The van der Waals surface area contributed by atoms with Gasteiger partial charge in [-0.3, -0.25) is 10.2 Å². The number of carbonyl (C=O) groups excluding carboxylic acids is 1. The Morgan fingerprint density at radius 3 is 2.59 bits per heavy atom. The minimum atomic E-state index is -0.907. The molecule has 1 fully saturated rings. The van der Waals surface area contributed by atoms with Crippen LogP contribution in [0.1, 0.15) is 30.9 Å². The van der Waals surface area contributed by atoms with E-state index >= 15 is 0 Å². The first-order chi connectivity index (χ1) is 17.8. The molecule has 3 aromatic rings. The van der Waals surface area contributed by atoms with Gasteiger partial charge in [-0.15, -0.1) is 5.10 Å². The third kappa shape index (κ3) is 5.91. The summed E-state index contributed by atoms with van der Waals surface area (Å²) in [5.74, 6) is -1.13. The number of nitrogens with zero attached hydrogens (tertiary/aromatic N) is 3. The molecule has 37 heavy (non-hydrogen) atoms. The molecule has 1 aliphatic rings. The Hall–Kier alpha value is -3.50. The molecule has 3 atom stereocenters. The molecule has 1 aromatic heterocycles. The van der Waals surface area contributed by atoms with Crippen LogP contribution in [0.4, 0.5) is 19.4 Å².